The molecule has 0 fully saturated rings. The zero-order chi connectivity index (χ0) is 18.5. The van der Waals surface area contributed by atoms with Crippen molar-refractivity contribution in [3.05, 3.63) is 59.7 Å². The Kier molecular flexibility index (Phi) is 8.89. The summed E-state index contributed by atoms with van der Waals surface area (Å²) < 4.78 is 21.8. The summed E-state index contributed by atoms with van der Waals surface area (Å²) in [5.74, 6) is 1.29. The Morgan fingerprint density at radius 2 is 1.04 bits per heavy atom. The van der Waals surface area contributed by atoms with Gasteiger partial charge in [-0.15, -0.1) is 0 Å². The molecule has 0 aliphatic carbocycles. The smallest absolute Gasteiger partial charge is 0.150 e. The minimum atomic E-state index is 0.401. The minimum Gasteiger partial charge on any atom is -0.491 e. The Bertz CT molecular complexity index is 626. The number of aldehydes is 2. The van der Waals surface area contributed by atoms with E-state index >= 15 is 0 Å². The van der Waals surface area contributed by atoms with Gasteiger partial charge in [0, 0.05) is 11.1 Å². The van der Waals surface area contributed by atoms with E-state index in [2.05, 4.69) is 0 Å². The van der Waals surface area contributed by atoms with E-state index in [9.17, 15) is 9.59 Å². The van der Waals surface area contributed by atoms with Gasteiger partial charge < -0.3 is 18.9 Å². The molecule has 138 valence electrons. The lowest BCUT2D eigenvalue weighted by Gasteiger charge is -2.09. The predicted octanol–water partition coefficient (Wildman–Crippen LogP) is 2.80. The van der Waals surface area contributed by atoms with E-state index in [-0.39, 0.29) is 0 Å². The Morgan fingerprint density at radius 3 is 1.46 bits per heavy atom. The van der Waals surface area contributed by atoms with Gasteiger partial charge in [0.15, 0.2) is 0 Å². The lowest BCUT2D eigenvalue weighted by Crippen LogP contribution is -2.13. The third kappa shape index (κ3) is 7.46. The molecule has 0 aromatic heterocycles. The van der Waals surface area contributed by atoms with Crippen LogP contribution in [0.4, 0.5) is 0 Å². The Morgan fingerprint density at radius 1 is 0.615 bits per heavy atom. The van der Waals surface area contributed by atoms with Crippen molar-refractivity contribution >= 4 is 12.6 Å². The third-order valence-corrected chi connectivity index (χ3v) is 3.35. The van der Waals surface area contributed by atoms with E-state index in [4.69, 9.17) is 18.9 Å². The lowest BCUT2D eigenvalue weighted by atomic mass is 10.2. The Balaban J connectivity index is 1.45. The summed E-state index contributed by atoms with van der Waals surface area (Å²) in [5, 5.41) is 0. The van der Waals surface area contributed by atoms with Crippen molar-refractivity contribution in [3.8, 4) is 11.5 Å². The molecule has 6 heteroatoms. The van der Waals surface area contributed by atoms with Gasteiger partial charge in [-0.2, -0.15) is 0 Å². The number of hydrogen-bond acceptors (Lipinski definition) is 6. The quantitative estimate of drug-likeness (QED) is 0.405. The van der Waals surface area contributed by atoms with Gasteiger partial charge in [-0.3, -0.25) is 9.59 Å². The summed E-state index contributed by atoms with van der Waals surface area (Å²) in [6, 6.07) is 13.9. The number of benzene rings is 2. The number of ether oxygens (including phenoxy) is 4. The molecule has 26 heavy (non-hydrogen) atoms. The first kappa shape index (κ1) is 19.6. The average Bonchev–Trinajstić information content (AvgIpc) is 2.69. The number of rotatable bonds is 13. The van der Waals surface area contributed by atoms with Crippen LogP contribution in [0.2, 0.25) is 0 Å². The van der Waals surface area contributed by atoms with Crippen LogP contribution in [0.25, 0.3) is 0 Å². The molecule has 0 bridgehead atoms. The lowest BCUT2D eigenvalue weighted by molar-refractivity contribution is 0.0273. The molecule has 0 aliphatic rings. The summed E-state index contributed by atoms with van der Waals surface area (Å²) in [5.41, 5.74) is 1.16. The highest BCUT2D eigenvalue weighted by atomic mass is 16.6. The topological polar surface area (TPSA) is 71.1 Å². The van der Waals surface area contributed by atoms with Crippen molar-refractivity contribution in [1.29, 1.82) is 0 Å². The van der Waals surface area contributed by atoms with E-state index in [0.717, 1.165) is 12.6 Å². The van der Waals surface area contributed by atoms with E-state index in [1.165, 1.54) is 0 Å². The molecule has 0 spiro atoms. The highest BCUT2D eigenvalue weighted by molar-refractivity contribution is 5.75. The second-order valence-electron chi connectivity index (χ2n) is 5.30. The third-order valence-electron chi connectivity index (χ3n) is 3.35. The maximum Gasteiger partial charge on any atom is 0.150 e. The van der Waals surface area contributed by atoms with Crippen LogP contribution in [0.5, 0.6) is 11.5 Å². The van der Waals surface area contributed by atoms with Crippen molar-refractivity contribution in [1.82, 2.24) is 0 Å². The normalized spacial score (nSPS) is 10.3. The first-order chi connectivity index (χ1) is 12.8. The molecule has 2 rings (SSSR count). The monoisotopic (exact) mass is 358 g/mol. The van der Waals surface area contributed by atoms with Gasteiger partial charge in [-0.05, 0) is 24.3 Å². The molecule has 0 saturated carbocycles. The predicted molar refractivity (Wildman–Crippen MR) is 96.3 cm³/mol. The second-order valence-corrected chi connectivity index (χ2v) is 5.30. The maximum absolute atomic E-state index is 10.7. The molecule has 0 radical (unpaired) electrons. The number of carbonyl (C=O) groups excluding carboxylic acids is 2. The first-order valence-electron chi connectivity index (χ1n) is 8.33. The molecular formula is C20H22O6. The van der Waals surface area contributed by atoms with Gasteiger partial charge in [0.2, 0.25) is 0 Å². The maximum atomic E-state index is 10.7. The van der Waals surface area contributed by atoms with E-state index in [1.807, 2.05) is 0 Å². The van der Waals surface area contributed by atoms with Crippen molar-refractivity contribution in [2.24, 2.45) is 0 Å². The van der Waals surface area contributed by atoms with Crippen LogP contribution in [0.3, 0.4) is 0 Å². The zero-order valence-corrected chi connectivity index (χ0v) is 14.5. The van der Waals surface area contributed by atoms with E-state index in [0.29, 0.717) is 62.3 Å². The fourth-order valence-corrected chi connectivity index (χ4v) is 2.11. The van der Waals surface area contributed by atoms with Crippen molar-refractivity contribution < 1.29 is 28.5 Å². The Labute approximate surface area is 152 Å². The van der Waals surface area contributed by atoms with Gasteiger partial charge in [0.1, 0.15) is 37.3 Å². The number of carbonyl (C=O) groups is 2. The van der Waals surface area contributed by atoms with Crippen molar-refractivity contribution in [2.45, 2.75) is 0 Å². The highest BCUT2D eigenvalue weighted by Gasteiger charge is 1.98. The van der Waals surface area contributed by atoms with Crippen molar-refractivity contribution in [3.63, 3.8) is 0 Å². The molecule has 0 aliphatic heterocycles. The van der Waals surface area contributed by atoms with Gasteiger partial charge in [-0.1, -0.05) is 24.3 Å². The van der Waals surface area contributed by atoms with Crippen LogP contribution in [0.1, 0.15) is 20.7 Å². The molecule has 0 unspecified atom stereocenters. The summed E-state index contributed by atoms with van der Waals surface area (Å²) >= 11 is 0. The molecule has 0 atom stereocenters. The van der Waals surface area contributed by atoms with Crippen LogP contribution in [-0.2, 0) is 9.47 Å². The molecule has 0 heterocycles. The van der Waals surface area contributed by atoms with Crippen LogP contribution >= 0.6 is 0 Å². The zero-order valence-electron chi connectivity index (χ0n) is 14.5. The average molecular weight is 358 g/mol. The summed E-state index contributed by atoms with van der Waals surface area (Å²) in [6.45, 7) is 2.58. The molecular weight excluding hydrogens is 336 g/mol. The van der Waals surface area contributed by atoms with Crippen LogP contribution in [0, 0.1) is 0 Å². The molecule has 2 aromatic rings. The van der Waals surface area contributed by atoms with Gasteiger partial charge in [0.05, 0.1) is 26.4 Å². The van der Waals surface area contributed by atoms with Crippen molar-refractivity contribution in [2.75, 3.05) is 39.6 Å². The minimum absolute atomic E-state index is 0.401. The van der Waals surface area contributed by atoms with E-state index < -0.39 is 0 Å². The standard InChI is InChI=1S/C20H22O6/c21-15-17-3-1-5-19(13-17)25-11-9-23-7-8-24-10-12-26-20-6-2-4-18(14-20)16-22/h1-6,13-16H,7-12H2. The van der Waals surface area contributed by atoms with Gasteiger partial charge in [0.25, 0.3) is 0 Å². The molecule has 2 aromatic carbocycles. The number of hydrogen-bond donors (Lipinski definition) is 0. The van der Waals surface area contributed by atoms with Gasteiger partial charge >= 0.3 is 0 Å². The van der Waals surface area contributed by atoms with Crippen LogP contribution in [0.15, 0.2) is 48.5 Å². The SMILES string of the molecule is O=Cc1cccc(OCCOCCOCCOc2cccc(C=O)c2)c1. The van der Waals surface area contributed by atoms with Gasteiger partial charge in [-0.25, -0.2) is 0 Å². The fourth-order valence-electron chi connectivity index (χ4n) is 2.11. The molecule has 0 N–H and O–H groups in total. The fraction of sp³-hybridized carbons (Fsp3) is 0.300. The molecule has 6 nitrogen and oxygen atoms in total. The van der Waals surface area contributed by atoms with E-state index in [1.54, 1.807) is 48.5 Å². The summed E-state index contributed by atoms with van der Waals surface area (Å²) in [7, 11) is 0. The van der Waals surface area contributed by atoms with Crippen LogP contribution in [-0.4, -0.2) is 52.2 Å². The largest absolute Gasteiger partial charge is 0.491 e. The summed E-state index contributed by atoms with van der Waals surface area (Å²) in [6.07, 6.45) is 1.56. The first-order valence-corrected chi connectivity index (χ1v) is 8.33. The van der Waals surface area contributed by atoms with Crippen LogP contribution < -0.4 is 9.47 Å². The molecule has 0 saturated heterocycles. The Hall–Kier alpha value is -2.70. The molecule has 0 amide bonds. The highest BCUT2D eigenvalue weighted by Crippen LogP contribution is 2.12. The second kappa shape index (κ2) is 11.8. The summed E-state index contributed by atoms with van der Waals surface area (Å²) in [4.78, 5) is 21.3.